The van der Waals surface area contributed by atoms with E-state index in [4.69, 9.17) is 5.73 Å². The molecule has 0 aliphatic rings. The van der Waals surface area contributed by atoms with Crippen LogP contribution in [0.5, 0.6) is 0 Å². The van der Waals surface area contributed by atoms with E-state index in [1.807, 2.05) is 36.1 Å². The monoisotopic (exact) mass is 234 g/mol. The number of amides is 1. The van der Waals surface area contributed by atoms with E-state index in [1.54, 1.807) is 0 Å². The van der Waals surface area contributed by atoms with Crippen molar-refractivity contribution >= 4 is 5.91 Å². The Balaban J connectivity index is 2.74. The summed E-state index contributed by atoms with van der Waals surface area (Å²) in [7, 11) is 0. The van der Waals surface area contributed by atoms with E-state index in [1.165, 1.54) is 5.56 Å². The van der Waals surface area contributed by atoms with E-state index in [2.05, 4.69) is 6.92 Å². The van der Waals surface area contributed by atoms with Gasteiger partial charge in [0.2, 0.25) is 0 Å². The number of nitrogens with zero attached hydrogens (tertiary/aromatic N) is 1. The van der Waals surface area contributed by atoms with Crippen LogP contribution in [0.3, 0.4) is 0 Å². The predicted octanol–water partition coefficient (Wildman–Crippen LogP) is 2.06. The minimum Gasteiger partial charge on any atom is -0.339 e. The molecular formula is C14H22N2O. The summed E-state index contributed by atoms with van der Waals surface area (Å²) in [6, 6.07) is 7.76. The molecule has 3 heteroatoms. The lowest BCUT2D eigenvalue weighted by atomic mass is 10.1. The van der Waals surface area contributed by atoms with Gasteiger partial charge in [-0.3, -0.25) is 4.79 Å². The molecule has 0 fully saturated rings. The molecule has 0 heterocycles. The zero-order valence-electron chi connectivity index (χ0n) is 10.8. The number of carbonyl (C=O) groups is 1. The molecule has 0 aliphatic heterocycles. The van der Waals surface area contributed by atoms with Gasteiger partial charge < -0.3 is 10.6 Å². The van der Waals surface area contributed by atoms with Gasteiger partial charge in [0, 0.05) is 18.7 Å². The Morgan fingerprint density at radius 2 is 1.88 bits per heavy atom. The summed E-state index contributed by atoms with van der Waals surface area (Å²) in [5, 5.41) is 0. The third-order valence-electron chi connectivity index (χ3n) is 2.80. The maximum atomic E-state index is 12.1. The normalized spacial score (nSPS) is 10.3. The molecule has 94 valence electrons. The highest BCUT2D eigenvalue weighted by Gasteiger charge is 2.12. The van der Waals surface area contributed by atoms with Crippen molar-refractivity contribution < 1.29 is 4.79 Å². The average molecular weight is 234 g/mol. The molecule has 0 atom stereocenters. The number of nitrogens with two attached hydrogens (primary N) is 1. The average Bonchev–Trinajstić information content (AvgIpc) is 2.36. The highest BCUT2D eigenvalue weighted by atomic mass is 16.2. The summed E-state index contributed by atoms with van der Waals surface area (Å²) in [6.07, 6.45) is 1.85. The molecule has 0 saturated heterocycles. The molecule has 0 unspecified atom stereocenters. The zero-order valence-corrected chi connectivity index (χ0v) is 10.8. The van der Waals surface area contributed by atoms with Crippen molar-refractivity contribution in [1.29, 1.82) is 0 Å². The van der Waals surface area contributed by atoms with Crippen LogP contribution in [0.1, 0.15) is 36.2 Å². The Morgan fingerprint density at radius 3 is 2.35 bits per heavy atom. The van der Waals surface area contributed by atoms with Gasteiger partial charge in [-0.15, -0.1) is 0 Å². The fraction of sp³-hybridized carbons (Fsp3) is 0.500. The quantitative estimate of drug-likeness (QED) is 0.819. The van der Waals surface area contributed by atoms with Crippen molar-refractivity contribution in [1.82, 2.24) is 4.90 Å². The van der Waals surface area contributed by atoms with E-state index in [0.29, 0.717) is 6.54 Å². The maximum Gasteiger partial charge on any atom is 0.253 e. The molecule has 0 aromatic heterocycles. The fourth-order valence-corrected chi connectivity index (χ4v) is 1.84. The molecular weight excluding hydrogens is 212 g/mol. The van der Waals surface area contributed by atoms with Gasteiger partial charge in [-0.25, -0.2) is 0 Å². The lowest BCUT2D eigenvalue weighted by Gasteiger charge is -2.20. The van der Waals surface area contributed by atoms with Crippen LogP contribution in [0.15, 0.2) is 24.3 Å². The van der Waals surface area contributed by atoms with Crippen molar-refractivity contribution in [3.05, 3.63) is 35.4 Å². The number of carbonyl (C=O) groups excluding carboxylic acids is 1. The summed E-state index contributed by atoms with van der Waals surface area (Å²) >= 11 is 0. The van der Waals surface area contributed by atoms with Crippen LogP contribution in [0, 0.1) is 0 Å². The van der Waals surface area contributed by atoms with E-state index in [9.17, 15) is 4.79 Å². The first-order valence-electron chi connectivity index (χ1n) is 6.31. The summed E-state index contributed by atoms with van der Waals surface area (Å²) < 4.78 is 0. The number of rotatable bonds is 6. The lowest BCUT2D eigenvalue weighted by Crippen LogP contribution is -2.31. The SMILES string of the molecule is CCCN(CC)C(=O)c1ccc(CCN)cc1. The minimum absolute atomic E-state index is 0.119. The molecule has 1 aromatic rings. The Kier molecular flexibility index (Phi) is 5.70. The second-order valence-corrected chi connectivity index (χ2v) is 4.12. The van der Waals surface area contributed by atoms with E-state index < -0.39 is 0 Å². The molecule has 2 N–H and O–H groups in total. The third-order valence-corrected chi connectivity index (χ3v) is 2.80. The summed E-state index contributed by atoms with van der Waals surface area (Å²) in [5.41, 5.74) is 7.44. The maximum absolute atomic E-state index is 12.1. The van der Waals surface area contributed by atoms with Crippen LogP contribution in [0.25, 0.3) is 0 Å². The Bertz CT molecular complexity index is 346. The fourth-order valence-electron chi connectivity index (χ4n) is 1.84. The molecule has 0 saturated carbocycles. The van der Waals surface area contributed by atoms with Crippen LogP contribution in [0.2, 0.25) is 0 Å². The summed E-state index contributed by atoms with van der Waals surface area (Å²) in [4.78, 5) is 14.0. The third kappa shape index (κ3) is 3.86. The van der Waals surface area contributed by atoms with E-state index in [0.717, 1.165) is 31.5 Å². The van der Waals surface area contributed by atoms with Gasteiger partial charge in [0.1, 0.15) is 0 Å². The van der Waals surface area contributed by atoms with Gasteiger partial charge in [-0.05, 0) is 44.0 Å². The molecule has 1 rings (SSSR count). The standard InChI is InChI=1S/C14H22N2O/c1-3-11-16(4-2)14(17)13-7-5-12(6-8-13)9-10-15/h5-8H,3-4,9-11,15H2,1-2H3. The molecule has 0 radical (unpaired) electrons. The van der Waals surface area contributed by atoms with Crippen LogP contribution in [-0.2, 0) is 6.42 Å². The predicted molar refractivity (Wildman–Crippen MR) is 71.1 cm³/mol. The van der Waals surface area contributed by atoms with Crippen molar-refractivity contribution in [2.75, 3.05) is 19.6 Å². The zero-order chi connectivity index (χ0) is 12.7. The van der Waals surface area contributed by atoms with Gasteiger partial charge in [0.05, 0.1) is 0 Å². The van der Waals surface area contributed by atoms with Crippen LogP contribution < -0.4 is 5.73 Å². The van der Waals surface area contributed by atoms with Crippen molar-refractivity contribution in [3.8, 4) is 0 Å². The number of benzene rings is 1. The topological polar surface area (TPSA) is 46.3 Å². The van der Waals surface area contributed by atoms with Gasteiger partial charge in [-0.2, -0.15) is 0 Å². The van der Waals surface area contributed by atoms with E-state index in [-0.39, 0.29) is 5.91 Å². The number of hydrogen-bond acceptors (Lipinski definition) is 2. The molecule has 17 heavy (non-hydrogen) atoms. The van der Waals surface area contributed by atoms with Gasteiger partial charge in [-0.1, -0.05) is 19.1 Å². The van der Waals surface area contributed by atoms with Crippen molar-refractivity contribution in [3.63, 3.8) is 0 Å². The number of hydrogen-bond donors (Lipinski definition) is 1. The molecule has 1 amide bonds. The first-order valence-corrected chi connectivity index (χ1v) is 6.31. The van der Waals surface area contributed by atoms with Crippen LogP contribution in [-0.4, -0.2) is 30.4 Å². The van der Waals surface area contributed by atoms with Crippen LogP contribution in [0.4, 0.5) is 0 Å². The molecule has 0 spiro atoms. The van der Waals surface area contributed by atoms with Gasteiger partial charge in [0.15, 0.2) is 0 Å². The molecule has 1 aromatic carbocycles. The molecule has 3 nitrogen and oxygen atoms in total. The highest BCUT2D eigenvalue weighted by molar-refractivity contribution is 5.94. The second kappa shape index (κ2) is 7.07. The van der Waals surface area contributed by atoms with Crippen molar-refractivity contribution in [2.45, 2.75) is 26.7 Å². The smallest absolute Gasteiger partial charge is 0.253 e. The van der Waals surface area contributed by atoms with Gasteiger partial charge >= 0.3 is 0 Å². The highest BCUT2D eigenvalue weighted by Crippen LogP contribution is 2.08. The first kappa shape index (κ1) is 13.7. The van der Waals surface area contributed by atoms with Crippen LogP contribution >= 0.6 is 0 Å². The van der Waals surface area contributed by atoms with E-state index >= 15 is 0 Å². The molecule has 0 aliphatic carbocycles. The molecule has 0 bridgehead atoms. The Labute approximate surface area is 104 Å². The largest absolute Gasteiger partial charge is 0.339 e. The lowest BCUT2D eigenvalue weighted by molar-refractivity contribution is 0.0764. The van der Waals surface area contributed by atoms with Gasteiger partial charge in [0.25, 0.3) is 5.91 Å². The Hall–Kier alpha value is -1.35. The summed E-state index contributed by atoms with van der Waals surface area (Å²) in [5.74, 6) is 0.119. The second-order valence-electron chi connectivity index (χ2n) is 4.12. The van der Waals surface area contributed by atoms with Crippen molar-refractivity contribution in [2.24, 2.45) is 5.73 Å². The summed E-state index contributed by atoms with van der Waals surface area (Å²) in [6.45, 7) is 6.32. The Morgan fingerprint density at radius 1 is 1.24 bits per heavy atom. The minimum atomic E-state index is 0.119. The first-order chi connectivity index (χ1) is 8.22.